The molecule has 2 saturated carbocycles. The van der Waals surface area contributed by atoms with Crippen LogP contribution < -0.4 is 5.32 Å². The Balaban J connectivity index is 1.52. The lowest BCUT2D eigenvalue weighted by molar-refractivity contribution is -0.180. The van der Waals surface area contributed by atoms with Crippen molar-refractivity contribution in [2.45, 2.75) is 65.2 Å². The summed E-state index contributed by atoms with van der Waals surface area (Å²) in [5.74, 6) is 0.0402. The van der Waals surface area contributed by atoms with Gasteiger partial charge in [0, 0.05) is 24.8 Å². The second-order valence-corrected chi connectivity index (χ2v) is 7.77. The van der Waals surface area contributed by atoms with E-state index in [2.05, 4.69) is 33.0 Å². The molecule has 114 valence electrons. The molecule has 1 spiro atoms. The number of nitrogens with one attached hydrogen (secondary N) is 1. The zero-order chi connectivity index (χ0) is 14.6. The van der Waals surface area contributed by atoms with Gasteiger partial charge in [-0.3, -0.25) is 4.79 Å². The molecule has 0 unspecified atom stereocenters. The van der Waals surface area contributed by atoms with Crippen LogP contribution in [-0.4, -0.2) is 30.9 Å². The van der Waals surface area contributed by atoms with Crippen molar-refractivity contribution in [1.29, 1.82) is 0 Å². The van der Waals surface area contributed by atoms with Gasteiger partial charge in [0.05, 0.1) is 13.2 Å². The molecule has 1 saturated heterocycles. The van der Waals surface area contributed by atoms with Crippen molar-refractivity contribution in [3.63, 3.8) is 0 Å². The summed E-state index contributed by atoms with van der Waals surface area (Å²) in [5, 5.41) is 3.25. The Bertz CT molecular complexity index is 386. The molecule has 0 atom stereocenters. The summed E-state index contributed by atoms with van der Waals surface area (Å²) in [6.45, 7) is 10.2. The van der Waals surface area contributed by atoms with E-state index in [1.807, 2.05) is 0 Å². The highest BCUT2D eigenvalue weighted by Crippen LogP contribution is 2.68. The predicted molar refractivity (Wildman–Crippen MR) is 76.1 cm³/mol. The molecule has 4 heteroatoms. The fourth-order valence-corrected chi connectivity index (χ4v) is 4.12. The maximum Gasteiger partial charge on any atom is 0.224 e. The third kappa shape index (κ3) is 2.08. The predicted octanol–water partition coefficient (Wildman–Crippen LogP) is 2.47. The molecule has 3 rings (SSSR count). The molecule has 0 aromatic heterocycles. The Hall–Kier alpha value is -0.610. The lowest BCUT2D eigenvalue weighted by Gasteiger charge is -2.35. The normalized spacial score (nSPS) is 31.4. The third-order valence-corrected chi connectivity index (χ3v) is 6.19. The van der Waals surface area contributed by atoms with E-state index in [1.54, 1.807) is 0 Å². The number of carbonyl (C=O) groups is 1. The molecule has 4 nitrogen and oxygen atoms in total. The highest BCUT2D eigenvalue weighted by atomic mass is 16.7. The first-order chi connectivity index (χ1) is 9.29. The Kier molecular flexibility index (Phi) is 3.18. The monoisotopic (exact) mass is 281 g/mol. The minimum atomic E-state index is -0.334. The van der Waals surface area contributed by atoms with Gasteiger partial charge in [-0.15, -0.1) is 0 Å². The van der Waals surface area contributed by atoms with Gasteiger partial charge in [0.2, 0.25) is 5.91 Å². The fraction of sp³-hybridized carbons (Fsp3) is 0.938. The molecule has 1 heterocycles. The Morgan fingerprint density at radius 1 is 1.00 bits per heavy atom. The van der Waals surface area contributed by atoms with Gasteiger partial charge >= 0.3 is 0 Å². The van der Waals surface area contributed by atoms with Crippen molar-refractivity contribution in [3.8, 4) is 0 Å². The van der Waals surface area contributed by atoms with E-state index in [0.29, 0.717) is 13.2 Å². The van der Waals surface area contributed by atoms with Gasteiger partial charge in [-0.05, 0) is 23.7 Å². The van der Waals surface area contributed by atoms with Crippen LogP contribution in [0.25, 0.3) is 0 Å². The summed E-state index contributed by atoms with van der Waals surface area (Å²) in [4.78, 5) is 12.4. The van der Waals surface area contributed by atoms with Crippen LogP contribution in [0, 0.1) is 16.7 Å². The number of amides is 1. The molecular weight excluding hydrogens is 254 g/mol. The molecule has 0 aromatic carbocycles. The summed E-state index contributed by atoms with van der Waals surface area (Å²) < 4.78 is 11.5. The Labute approximate surface area is 121 Å². The number of hydrogen-bond acceptors (Lipinski definition) is 3. The highest BCUT2D eigenvalue weighted by Gasteiger charge is 2.68. The maximum atomic E-state index is 12.4. The highest BCUT2D eigenvalue weighted by molar-refractivity contribution is 5.84. The molecule has 3 fully saturated rings. The van der Waals surface area contributed by atoms with Crippen LogP contribution in [0.3, 0.4) is 0 Å². The van der Waals surface area contributed by atoms with E-state index in [4.69, 9.17) is 9.47 Å². The van der Waals surface area contributed by atoms with Gasteiger partial charge in [0.1, 0.15) is 0 Å². The zero-order valence-electron chi connectivity index (χ0n) is 13.1. The smallest absolute Gasteiger partial charge is 0.224 e. The maximum absolute atomic E-state index is 12.4. The molecule has 0 bridgehead atoms. The van der Waals surface area contributed by atoms with E-state index in [0.717, 1.165) is 25.7 Å². The number of rotatable bonds is 2. The van der Waals surface area contributed by atoms with Crippen LogP contribution in [-0.2, 0) is 14.3 Å². The topological polar surface area (TPSA) is 47.6 Å². The first-order valence-electron chi connectivity index (χ1n) is 7.87. The molecule has 20 heavy (non-hydrogen) atoms. The molecule has 1 amide bonds. The van der Waals surface area contributed by atoms with E-state index in [9.17, 15) is 4.79 Å². The average molecular weight is 281 g/mol. The van der Waals surface area contributed by atoms with Gasteiger partial charge in [-0.25, -0.2) is 0 Å². The van der Waals surface area contributed by atoms with Crippen LogP contribution in [0.2, 0.25) is 0 Å². The van der Waals surface area contributed by atoms with Crippen molar-refractivity contribution in [3.05, 3.63) is 0 Å². The SMILES string of the molecule is CC1(C)C(C(=O)NC2CCC3(CC2)OCCO3)C1(C)C. The van der Waals surface area contributed by atoms with Crippen molar-refractivity contribution in [2.24, 2.45) is 16.7 Å². The largest absolute Gasteiger partial charge is 0.353 e. The van der Waals surface area contributed by atoms with E-state index in [-0.39, 0.29) is 34.5 Å². The zero-order valence-corrected chi connectivity index (χ0v) is 13.1. The van der Waals surface area contributed by atoms with Gasteiger partial charge in [-0.1, -0.05) is 27.7 Å². The Morgan fingerprint density at radius 2 is 1.50 bits per heavy atom. The summed E-state index contributed by atoms with van der Waals surface area (Å²) in [5.41, 5.74) is 0.231. The summed E-state index contributed by atoms with van der Waals surface area (Å²) in [6, 6.07) is 0.285. The van der Waals surface area contributed by atoms with Crippen LogP contribution in [0.15, 0.2) is 0 Å². The van der Waals surface area contributed by atoms with E-state index in [1.165, 1.54) is 0 Å². The second-order valence-electron chi connectivity index (χ2n) is 7.77. The van der Waals surface area contributed by atoms with Crippen molar-refractivity contribution >= 4 is 5.91 Å². The van der Waals surface area contributed by atoms with Crippen LogP contribution >= 0.6 is 0 Å². The number of hydrogen-bond donors (Lipinski definition) is 1. The van der Waals surface area contributed by atoms with Gasteiger partial charge < -0.3 is 14.8 Å². The lowest BCUT2D eigenvalue weighted by atomic mass is 9.90. The third-order valence-electron chi connectivity index (χ3n) is 6.19. The molecule has 2 aliphatic carbocycles. The van der Waals surface area contributed by atoms with Crippen LogP contribution in [0.5, 0.6) is 0 Å². The first-order valence-corrected chi connectivity index (χ1v) is 7.87. The summed E-state index contributed by atoms with van der Waals surface area (Å²) in [7, 11) is 0. The number of carbonyl (C=O) groups excluding carboxylic acids is 1. The van der Waals surface area contributed by atoms with Crippen LogP contribution in [0.1, 0.15) is 53.4 Å². The Morgan fingerprint density at radius 3 is 1.95 bits per heavy atom. The fourth-order valence-electron chi connectivity index (χ4n) is 4.12. The molecule has 3 aliphatic rings. The quantitative estimate of drug-likeness (QED) is 0.846. The standard InChI is InChI=1S/C16H27NO3/c1-14(2)12(15(14,3)4)13(18)17-11-5-7-16(8-6-11)19-9-10-20-16/h11-12H,5-10H2,1-4H3,(H,17,18). The number of ether oxygens (including phenoxy) is 2. The molecule has 1 N–H and O–H groups in total. The minimum absolute atomic E-state index is 0.116. The summed E-state index contributed by atoms with van der Waals surface area (Å²) >= 11 is 0. The van der Waals surface area contributed by atoms with Gasteiger partial charge in [-0.2, -0.15) is 0 Å². The first kappa shape index (κ1) is 14.3. The van der Waals surface area contributed by atoms with E-state index >= 15 is 0 Å². The van der Waals surface area contributed by atoms with Crippen LogP contribution in [0.4, 0.5) is 0 Å². The minimum Gasteiger partial charge on any atom is -0.353 e. The lowest BCUT2D eigenvalue weighted by Crippen LogP contribution is -2.44. The van der Waals surface area contributed by atoms with Gasteiger partial charge in [0.15, 0.2) is 5.79 Å². The van der Waals surface area contributed by atoms with E-state index < -0.39 is 0 Å². The van der Waals surface area contributed by atoms with Crippen molar-refractivity contribution < 1.29 is 14.3 Å². The molecule has 0 radical (unpaired) electrons. The van der Waals surface area contributed by atoms with Crippen molar-refractivity contribution in [1.82, 2.24) is 5.32 Å². The molecule has 0 aromatic rings. The second kappa shape index (κ2) is 4.44. The summed E-state index contributed by atoms with van der Waals surface area (Å²) in [6.07, 6.45) is 3.71. The average Bonchev–Trinajstić information content (AvgIpc) is 2.68. The molecular formula is C16H27NO3. The van der Waals surface area contributed by atoms with Crippen molar-refractivity contribution in [2.75, 3.05) is 13.2 Å². The molecule has 1 aliphatic heterocycles. The van der Waals surface area contributed by atoms with Gasteiger partial charge in [0.25, 0.3) is 0 Å².